The number of benzene rings is 2. The van der Waals surface area contributed by atoms with Crippen molar-refractivity contribution in [1.29, 1.82) is 0 Å². The van der Waals surface area contributed by atoms with Crippen molar-refractivity contribution in [1.82, 2.24) is 0 Å². The van der Waals surface area contributed by atoms with Crippen LogP contribution in [0.2, 0.25) is 5.02 Å². The lowest BCUT2D eigenvalue weighted by Gasteiger charge is -2.09. The molecule has 0 radical (unpaired) electrons. The molecular weight excluding hydrogens is 244 g/mol. The quantitative estimate of drug-likeness (QED) is 0.758. The molecule has 0 amide bonds. The standard InChI is InChI=1S/C13H10ClF2N/c1-7-4-9(11(14)6-13(7)16)10-5-8(17)2-3-12(10)15/h2-6H,17H2,1H3. The molecule has 0 aliphatic carbocycles. The number of rotatable bonds is 1. The molecular formula is C13H10ClF2N. The fourth-order valence-corrected chi connectivity index (χ4v) is 1.87. The van der Waals surface area contributed by atoms with E-state index in [9.17, 15) is 8.78 Å². The van der Waals surface area contributed by atoms with Gasteiger partial charge in [0.05, 0.1) is 5.02 Å². The number of aryl methyl sites for hydroxylation is 1. The molecule has 0 bridgehead atoms. The van der Waals surface area contributed by atoms with Gasteiger partial charge in [0.15, 0.2) is 0 Å². The van der Waals surface area contributed by atoms with Gasteiger partial charge in [-0.1, -0.05) is 11.6 Å². The fraction of sp³-hybridized carbons (Fsp3) is 0.0769. The van der Waals surface area contributed by atoms with Crippen molar-refractivity contribution >= 4 is 17.3 Å². The van der Waals surface area contributed by atoms with Gasteiger partial charge in [-0.05, 0) is 42.8 Å². The minimum Gasteiger partial charge on any atom is -0.399 e. The minimum absolute atomic E-state index is 0.164. The zero-order chi connectivity index (χ0) is 12.6. The predicted molar refractivity (Wildman–Crippen MR) is 66.0 cm³/mol. The Labute approximate surface area is 103 Å². The fourth-order valence-electron chi connectivity index (χ4n) is 1.61. The maximum absolute atomic E-state index is 13.7. The molecule has 2 aromatic carbocycles. The Morgan fingerprint density at radius 2 is 1.71 bits per heavy atom. The van der Waals surface area contributed by atoms with Crippen molar-refractivity contribution in [2.24, 2.45) is 0 Å². The lowest BCUT2D eigenvalue weighted by Crippen LogP contribution is -1.92. The molecule has 2 N–H and O–H groups in total. The monoisotopic (exact) mass is 253 g/mol. The Morgan fingerprint density at radius 3 is 2.41 bits per heavy atom. The van der Waals surface area contributed by atoms with Crippen molar-refractivity contribution in [3.63, 3.8) is 0 Å². The van der Waals surface area contributed by atoms with Gasteiger partial charge in [-0.15, -0.1) is 0 Å². The molecule has 2 aromatic rings. The summed E-state index contributed by atoms with van der Waals surface area (Å²) in [5, 5.41) is 0.164. The maximum atomic E-state index is 13.7. The highest BCUT2D eigenvalue weighted by atomic mass is 35.5. The van der Waals surface area contributed by atoms with E-state index in [2.05, 4.69) is 0 Å². The van der Waals surface area contributed by atoms with E-state index in [1.54, 1.807) is 6.92 Å². The SMILES string of the molecule is Cc1cc(-c2cc(N)ccc2F)c(Cl)cc1F. The van der Waals surface area contributed by atoms with Gasteiger partial charge in [0.2, 0.25) is 0 Å². The largest absolute Gasteiger partial charge is 0.399 e. The van der Waals surface area contributed by atoms with Crippen LogP contribution >= 0.6 is 11.6 Å². The Bertz CT molecular complexity index is 582. The summed E-state index contributed by atoms with van der Waals surface area (Å²) >= 11 is 5.91. The molecule has 1 nitrogen and oxygen atoms in total. The number of hydrogen-bond acceptors (Lipinski definition) is 1. The predicted octanol–water partition coefficient (Wildman–Crippen LogP) is 4.18. The van der Waals surface area contributed by atoms with Crippen LogP contribution in [0.4, 0.5) is 14.5 Å². The molecule has 0 fully saturated rings. The summed E-state index contributed by atoms with van der Waals surface area (Å²) in [5.41, 5.74) is 7.15. The van der Waals surface area contributed by atoms with Gasteiger partial charge >= 0.3 is 0 Å². The first-order valence-corrected chi connectivity index (χ1v) is 5.38. The Morgan fingerprint density at radius 1 is 1.00 bits per heavy atom. The normalized spacial score (nSPS) is 10.6. The van der Waals surface area contributed by atoms with Crippen LogP contribution in [0, 0.1) is 18.6 Å². The third-order valence-corrected chi connectivity index (χ3v) is 2.84. The molecule has 0 unspecified atom stereocenters. The van der Waals surface area contributed by atoms with Crippen molar-refractivity contribution in [2.75, 3.05) is 5.73 Å². The Hall–Kier alpha value is -1.61. The zero-order valence-corrected chi connectivity index (χ0v) is 9.85. The molecule has 0 saturated heterocycles. The van der Waals surface area contributed by atoms with Crippen molar-refractivity contribution in [2.45, 2.75) is 6.92 Å². The molecule has 0 atom stereocenters. The maximum Gasteiger partial charge on any atom is 0.131 e. The van der Waals surface area contributed by atoms with E-state index in [1.165, 1.54) is 30.3 Å². The molecule has 0 aliphatic heterocycles. The van der Waals surface area contributed by atoms with Crippen LogP contribution < -0.4 is 5.73 Å². The summed E-state index contributed by atoms with van der Waals surface area (Å²) < 4.78 is 26.9. The van der Waals surface area contributed by atoms with Gasteiger partial charge in [-0.2, -0.15) is 0 Å². The summed E-state index contributed by atoms with van der Waals surface area (Å²) in [6.45, 7) is 1.60. The van der Waals surface area contributed by atoms with Gasteiger partial charge in [0.1, 0.15) is 11.6 Å². The second-order valence-electron chi connectivity index (χ2n) is 3.82. The van der Waals surface area contributed by atoms with Crippen LogP contribution in [0.5, 0.6) is 0 Å². The number of anilines is 1. The second kappa shape index (κ2) is 4.34. The van der Waals surface area contributed by atoms with Crippen molar-refractivity contribution < 1.29 is 8.78 Å². The van der Waals surface area contributed by atoms with Crippen molar-refractivity contribution in [3.05, 3.63) is 52.6 Å². The highest BCUT2D eigenvalue weighted by molar-refractivity contribution is 6.33. The first-order chi connectivity index (χ1) is 7.99. The molecule has 0 saturated carbocycles. The molecule has 17 heavy (non-hydrogen) atoms. The smallest absolute Gasteiger partial charge is 0.131 e. The third kappa shape index (κ3) is 2.24. The molecule has 0 aliphatic rings. The highest BCUT2D eigenvalue weighted by Gasteiger charge is 2.12. The highest BCUT2D eigenvalue weighted by Crippen LogP contribution is 2.32. The lowest BCUT2D eigenvalue weighted by atomic mass is 10.0. The van der Waals surface area contributed by atoms with Crippen LogP contribution in [-0.4, -0.2) is 0 Å². The second-order valence-corrected chi connectivity index (χ2v) is 4.23. The van der Waals surface area contributed by atoms with Gasteiger partial charge in [0.25, 0.3) is 0 Å². The summed E-state index contributed by atoms with van der Waals surface area (Å²) in [4.78, 5) is 0. The lowest BCUT2D eigenvalue weighted by molar-refractivity contribution is 0.618. The zero-order valence-electron chi connectivity index (χ0n) is 9.10. The molecule has 4 heteroatoms. The van der Waals surface area contributed by atoms with Crippen LogP contribution in [0.15, 0.2) is 30.3 Å². The summed E-state index contributed by atoms with van der Waals surface area (Å²) in [7, 11) is 0. The van der Waals surface area contributed by atoms with Gasteiger partial charge < -0.3 is 5.73 Å². The number of nitrogens with two attached hydrogens (primary N) is 1. The number of hydrogen-bond donors (Lipinski definition) is 1. The van der Waals surface area contributed by atoms with Gasteiger partial charge in [-0.25, -0.2) is 8.78 Å². The molecule has 0 heterocycles. The average Bonchev–Trinajstić information content (AvgIpc) is 2.27. The summed E-state index contributed by atoms with van der Waals surface area (Å²) in [6.07, 6.45) is 0. The van der Waals surface area contributed by atoms with Gasteiger partial charge in [-0.3, -0.25) is 0 Å². The van der Waals surface area contributed by atoms with E-state index in [0.717, 1.165) is 0 Å². The minimum atomic E-state index is -0.438. The number of nitrogen functional groups attached to an aromatic ring is 1. The van der Waals surface area contributed by atoms with E-state index in [1.807, 2.05) is 0 Å². The van der Waals surface area contributed by atoms with Gasteiger partial charge in [0, 0.05) is 16.8 Å². The van der Waals surface area contributed by atoms with E-state index >= 15 is 0 Å². The van der Waals surface area contributed by atoms with E-state index in [0.29, 0.717) is 16.8 Å². The third-order valence-electron chi connectivity index (χ3n) is 2.53. The Kier molecular flexibility index (Phi) is 3.03. The number of halogens is 3. The topological polar surface area (TPSA) is 26.0 Å². The summed E-state index contributed by atoms with van der Waals surface area (Å²) in [5.74, 6) is -0.852. The van der Waals surface area contributed by atoms with Crippen LogP contribution in [0.3, 0.4) is 0 Å². The van der Waals surface area contributed by atoms with E-state index < -0.39 is 11.6 Å². The van der Waals surface area contributed by atoms with Crippen LogP contribution in [0.25, 0.3) is 11.1 Å². The Balaban J connectivity index is 2.68. The molecule has 0 spiro atoms. The average molecular weight is 254 g/mol. The first kappa shape index (κ1) is 11.9. The van der Waals surface area contributed by atoms with E-state index in [4.69, 9.17) is 17.3 Å². The first-order valence-electron chi connectivity index (χ1n) is 5.00. The van der Waals surface area contributed by atoms with Crippen LogP contribution in [0.1, 0.15) is 5.56 Å². The van der Waals surface area contributed by atoms with Crippen molar-refractivity contribution in [3.8, 4) is 11.1 Å². The van der Waals surface area contributed by atoms with E-state index in [-0.39, 0.29) is 10.6 Å². The summed E-state index contributed by atoms with van der Waals surface area (Å²) in [6, 6.07) is 6.89. The van der Waals surface area contributed by atoms with Crippen LogP contribution in [-0.2, 0) is 0 Å². The molecule has 88 valence electrons. The molecule has 2 rings (SSSR count). The molecule has 0 aromatic heterocycles.